The maximum absolute atomic E-state index is 12.7. The summed E-state index contributed by atoms with van der Waals surface area (Å²) in [5.41, 5.74) is 0.255. The molecule has 3 rings (SSSR count). The van der Waals surface area contributed by atoms with Gasteiger partial charge in [-0.05, 0) is 51.0 Å². The van der Waals surface area contributed by atoms with Crippen LogP contribution in [0.1, 0.15) is 59.9 Å². The van der Waals surface area contributed by atoms with Crippen molar-refractivity contribution in [2.45, 2.75) is 45.3 Å². The third-order valence-electron chi connectivity index (χ3n) is 4.28. The average molecular weight is 384 g/mol. The SMILES string of the molecule is CC(C)(C)OC(=O)C=Cc1ccc2c(c1)C(=O)N(C1CCC(=O)NC1=O)C2=O. The topological polar surface area (TPSA) is 110 Å². The molecule has 2 heterocycles. The fourth-order valence-electron chi connectivity index (χ4n) is 3.09. The van der Waals surface area contributed by atoms with Gasteiger partial charge >= 0.3 is 5.97 Å². The zero-order chi connectivity index (χ0) is 20.6. The molecular weight excluding hydrogens is 364 g/mol. The first-order chi connectivity index (χ1) is 13.1. The van der Waals surface area contributed by atoms with E-state index in [9.17, 15) is 24.0 Å². The zero-order valence-corrected chi connectivity index (χ0v) is 15.8. The number of imide groups is 2. The van der Waals surface area contributed by atoms with Crippen LogP contribution in [0.4, 0.5) is 0 Å². The number of amides is 4. The summed E-state index contributed by atoms with van der Waals surface area (Å²) in [7, 11) is 0. The highest BCUT2D eigenvalue weighted by atomic mass is 16.6. The maximum Gasteiger partial charge on any atom is 0.331 e. The van der Waals surface area contributed by atoms with Crippen molar-refractivity contribution in [3.8, 4) is 0 Å². The van der Waals surface area contributed by atoms with Gasteiger partial charge in [-0.25, -0.2) is 4.79 Å². The number of benzene rings is 1. The molecule has 0 spiro atoms. The molecule has 1 fully saturated rings. The Morgan fingerprint density at radius 2 is 1.82 bits per heavy atom. The van der Waals surface area contributed by atoms with Gasteiger partial charge in [-0.1, -0.05) is 6.07 Å². The lowest BCUT2D eigenvalue weighted by atomic mass is 10.0. The smallest absolute Gasteiger partial charge is 0.331 e. The summed E-state index contributed by atoms with van der Waals surface area (Å²) in [4.78, 5) is 61.4. The summed E-state index contributed by atoms with van der Waals surface area (Å²) in [5.74, 6) is -2.78. The zero-order valence-electron chi connectivity index (χ0n) is 15.8. The Kier molecular flexibility index (Phi) is 4.89. The Hall–Kier alpha value is -3.29. The summed E-state index contributed by atoms with van der Waals surface area (Å²) in [6.45, 7) is 5.26. The van der Waals surface area contributed by atoms with Gasteiger partial charge in [0.15, 0.2) is 0 Å². The molecule has 2 aliphatic heterocycles. The van der Waals surface area contributed by atoms with Crippen LogP contribution in [0.5, 0.6) is 0 Å². The van der Waals surface area contributed by atoms with Crippen molar-refractivity contribution in [1.82, 2.24) is 10.2 Å². The second-order valence-corrected chi connectivity index (χ2v) is 7.62. The molecule has 1 aromatic rings. The number of ether oxygens (including phenoxy) is 1. The lowest BCUT2D eigenvalue weighted by Gasteiger charge is -2.27. The van der Waals surface area contributed by atoms with Gasteiger partial charge in [0.05, 0.1) is 11.1 Å². The summed E-state index contributed by atoms with van der Waals surface area (Å²) in [5, 5.41) is 2.15. The van der Waals surface area contributed by atoms with Crippen molar-refractivity contribution < 1.29 is 28.7 Å². The molecule has 2 aliphatic rings. The second-order valence-electron chi connectivity index (χ2n) is 7.62. The molecule has 4 amide bonds. The molecule has 1 N–H and O–H groups in total. The fourth-order valence-corrected chi connectivity index (χ4v) is 3.09. The summed E-state index contributed by atoms with van der Waals surface area (Å²) < 4.78 is 5.18. The first kappa shape index (κ1) is 19.5. The van der Waals surface area contributed by atoms with E-state index in [-0.39, 0.29) is 24.0 Å². The summed E-state index contributed by atoms with van der Waals surface area (Å²) in [6, 6.07) is 3.56. The van der Waals surface area contributed by atoms with Crippen LogP contribution in [0.15, 0.2) is 24.3 Å². The van der Waals surface area contributed by atoms with E-state index in [0.29, 0.717) is 5.56 Å². The first-order valence-electron chi connectivity index (χ1n) is 8.83. The first-order valence-corrected chi connectivity index (χ1v) is 8.83. The Morgan fingerprint density at radius 1 is 1.14 bits per heavy atom. The monoisotopic (exact) mass is 384 g/mol. The van der Waals surface area contributed by atoms with E-state index in [1.54, 1.807) is 26.8 Å². The number of rotatable bonds is 3. The molecule has 1 aromatic carbocycles. The Morgan fingerprint density at radius 3 is 2.46 bits per heavy atom. The van der Waals surface area contributed by atoms with Gasteiger partial charge in [0.25, 0.3) is 11.8 Å². The van der Waals surface area contributed by atoms with Crippen molar-refractivity contribution >= 4 is 35.7 Å². The lowest BCUT2D eigenvalue weighted by Crippen LogP contribution is -2.54. The number of nitrogens with one attached hydrogen (secondary N) is 1. The molecule has 8 heteroatoms. The lowest BCUT2D eigenvalue weighted by molar-refractivity contribution is -0.148. The Balaban J connectivity index is 1.81. The minimum atomic E-state index is -1.01. The third kappa shape index (κ3) is 3.85. The number of nitrogens with zero attached hydrogens (tertiary/aromatic N) is 1. The van der Waals surface area contributed by atoms with E-state index in [1.807, 2.05) is 0 Å². The minimum Gasteiger partial charge on any atom is -0.457 e. The van der Waals surface area contributed by atoms with Crippen LogP contribution in [-0.2, 0) is 19.1 Å². The van der Waals surface area contributed by atoms with Gasteiger partial charge in [0, 0.05) is 12.5 Å². The highest BCUT2D eigenvalue weighted by Crippen LogP contribution is 2.28. The Labute approximate surface area is 161 Å². The third-order valence-corrected chi connectivity index (χ3v) is 4.28. The molecule has 28 heavy (non-hydrogen) atoms. The number of hydrogen-bond acceptors (Lipinski definition) is 6. The number of piperidine rings is 1. The van der Waals surface area contributed by atoms with Crippen LogP contribution in [0.3, 0.4) is 0 Å². The van der Waals surface area contributed by atoms with E-state index in [0.717, 1.165) is 4.90 Å². The van der Waals surface area contributed by atoms with Gasteiger partial charge < -0.3 is 4.74 Å². The van der Waals surface area contributed by atoms with E-state index < -0.39 is 41.2 Å². The molecule has 0 radical (unpaired) electrons. The van der Waals surface area contributed by atoms with Gasteiger partial charge in [-0.3, -0.25) is 29.4 Å². The van der Waals surface area contributed by atoms with Crippen LogP contribution in [0.25, 0.3) is 6.08 Å². The minimum absolute atomic E-state index is 0.0632. The average Bonchev–Trinajstić information content (AvgIpc) is 2.83. The number of carbonyl (C=O) groups is 5. The number of fused-ring (bicyclic) bond motifs is 1. The van der Waals surface area contributed by atoms with Gasteiger partial charge in [0.1, 0.15) is 11.6 Å². The van der Waals surface area contributed by atoms with Gasteiger partial charge in [-0.2, -0.15) is 0 Å². The largest absolute Gasteiger partial charge is 0.457 e. The quantitative estimate of drug-likeness (QED) is 0.480. The highest BCUT2D eigenvalue weighted by Gasteiger charge is 2.44. The molecule has 1 atom stereocenters. The molecule has 0 aromatic heterocycles. The van der Waals surface area contributed by atoms with Crippen LogP contribution in [-0.4, -0.2) is 46.1 Å². The van der Waals surface area contributed by atoms with Crippen LogP contribution in [0, 0.1) is 0 Å². The van der Waals surface area contributed by atoms with Crippen molar-refractivity contribution in [1.29, 1.82) is 0 Å². The maximum atomic E-state index is 12.7. The predicted molar refractivity (Wildman–Crippen MR) is 98.0 cm³/mol. The molecule has 0 saturated carbocycles. The van der Waals surface area contributed by atoms with E-state index in [4.69, 9.17) is 4.74 Å². The van der Waals surface area contributed by atoms with Crippen molar-refractivity contribution in [3.05, 3.63) is 41.0 Å². The second kappa shape index (κ2) is 7.03. The van der Waals surface area contributed by atoms with Crippen molar-refractivity contribution in [2.24, 2.45) is 0 Å². The van der Waals surface area contributed by atoms with Crippen LogP contribution >= 0.6 is 0 Å². The van der Waals surface area contributed by atoms with E-state index in [1.165, 1.54) is 24.3 Å². The fraction of sp³-hybridized carbons (Fsp3) is 0.350. The predicted octanol–water partition coefficient (Wildman–Crippen LogP) is 1.44. The number of carbonyl (C=O) groups excluding carboxylic acids is 5. The van der Waals surface area contributed by atoms with Crippen LogP contribution in [0.2, 0.25) is 0 Å². The Bertz CT molecular complexity index is 925. The molecule has 0 aliphatic carbocycles. The van der Waals surface area contributed by atoms with E-state index >= 15 is 0 Å². The van der Waals surface area contributed by atoms with Gasteiger partial charge in [0.2, 0.25) is 11.8 Å². The summed E-state index contributed by atoms with van der Waals surface area (Å²) >= 11 is 0. The molecule has 1 unspecified atom stereocenters. The van der Waals surface area contributed by atoms with E-state index in [2.05, 4.69) is 5.32 Å². The van der Waals surface area contributed by atoms with Crippen LogP contribution < -0.4 is 5.32 Å². The van der Waals surface area contributed by atoms with Crippen molar-refractivity contribution in [2.75, 3.05) is 0 Å². The molecule has 0 bridgehead atoms. The highest BCUT2D eigenvalue weighted by molar-refractivity contribution is 6.23. The molecule has 1 saturated heterocycles. The molecule has 8 nitrogen and oxygen atoms in total. The van der Waals surface area contributed by atoms with Gasteiger partial charge in [-0.15, -0.1) is 0 Å². The molecule has 146 valence electrons. The standard InChI is InChI=1S/C20H20N2O6/c1-20(2,3)28-16(24)9-5-11-4-6-12-13(10-11)19(27)22(18(12)26)14-7-8-15(23)21-17(14)25/h4-6,9-10,14H,7-8H2,1-3H3,(H,21,23,25). The normalized spacial score (nSPS) is 19.8. The number of hydrogen-bond donors (Lipinski definition) is 1. The molecular formula is C20H20N2O6. The summed E-state index contributed by atoms with van der Waals surface area (Å²) in [6.07, 6.45) is 2.89. The van der Waals surface area contributed by atoms with Crippen molar-refractivity contribution in [3.63, 3.8) is 0 Å². The number of esters is 1.